The van der Waals surface area contributed by atoms with Gasteiger partial charge in [-0.15, -0.1) is 0 Å². The van der Waals surface area contributed by atoms with Crippen LogP contribution in [0.1, 0.15) is 35.2 Å². The first kappa shape index (κ1) is 30.8. The average Bonchev–Trinajstić information content (AvgIpc) is 3.68. The first-order valence-electron chi connectivity index (χ1n) is 14.7. The number of carbonyl (C=O) groups excluding carboxylic acids is 2. The van der Waals surface area contributed by atoms with Gasteiger partial charge in [0.05, 0.1) is 11.5 Å². The van der Waals surface area contributed by atoms with Crippen LogP contribution in [0.5, 0.6) is 0 Å². The van der Waals surface area contributed by atoms with E-state index in [0.717, 1.165) is 23.1 Å². The Morgan fingerprint density at radius 3 is 2.21 bits per heavy atom. The van der Waals surface area contributed by atoms with Gasteiger partial charge in [0.15, 0.2) is 9.84 Å². The molecular formula is C33H39FN4O4S. The Kier molecular flexibility index (Phi) is 9.29. The number of amides is 2. The van der Waals surface area contributed by atoms with E-state index in [4.69, 9.17) is 0 Å². The minimum atomic E-state index is -3.71. The van der Waals surface area contributed by atoms with E-state index in [2.05, 4.69) is 15.5 Å². The Morgan fingerprint density at radius 1 is 0.930 bits per heavy atom. The van der Waals surface area contributed by atoms with Crippen molar-refractivity contribution in [2.45, 2.75) is 30.8 Å². The summed E-state index contributed by atoms with van der Waals surface area (Å²) in [4.78, 5) is 30.5. The highest BCUT2D eigenvalue weighted by atomic mass is 32.2. The van der Waals surface area contributed by atoms with Crippen LogP contribution in [0.4, 0.5) is 4.39 Å². The molecule has 1 aliphatic heterocycles. The van der Waals surface area contributed by atoms with Crippen molar-refractivity contribution in [3.05, 3.63) is 95.8 Å². The second kappa shape index (κ2) is 13.0. The van der Waals surface area contributed by atoms with Crippen LogP contribution in [0.2, 0.25) is 0 Å². The third-order valence-corrected chi connectivity index (χ3v) is 10.2. The third kappa shape index (κ3) is 7.87. The maximum absolute atomic E-state index is 13.5. The fourth-order valence-electron chi connectivity index (χ4n) is 5.68. The maximum Gasteiger partial charge on any atom is 0.251 e. The number of nitrogens with one attached hydrogen (secondary N) is 2. The van der Waals surface area contributed by atoms with Crippen molar-refractivity contribution < 1.29 is 22.4 Å². The lowest BCUT2D eigenvalue weighted by molar-refractivity contribution is -0.134. The quantitative estimate of drug-likeness (QED) is 0.348. The van der Waals surface area contributed by atoms with E-state index in [9.17, 15) is 22.4 Å². The van der Waals surface area contributed by atoms with Crippen molar-refractivity contribution in [3.63, 3.8) is 0 Å². The van der Waals surface area contributed by atoms with Crippen molar-refractivity contribution in [2.24, 2.45) is 0 Å². The smallest absolute Gasteiger partial charge is 0.251 e. The number of sulfone groups is 1. The zero-order chi connectivity index (χ0) is 30.6. The van der Waals surface area contributed by atoms with E-state index in [-0.39, 0.29) is 35.5 Å². The predicted molar refractivity (Wildman–Crippen MR) is 166 cm³/mol. The highest BCUT2D eigenvalue weighted by Crippen LogP contribution is 2.50. The topological polar surface area (TPSA) is 98.8 Å². The Morgan fingerprint density at radius 2 is 1.56 bits per heavy atom. The fourth-order valence-corrected chi connectivity index (χ4v) is 6.99. The first-order valence-corrected chi connectivity index (χ1v) is 16.5. The highest BCUT2D eigenvalue weighted by molar-refractivity contribution is 7.91. The fraction of sp³-hybridized carbons (Fsp3) is 0.394. The summed E-state index contributed by atoms with van der Waals surface area (Å²) in [6, 6.07) is 22.0. The molecule has 2 fully saturated rings. The van der Waals surface area contributed by atoms with Crippen molar-refractivity contribution in [1.29, 1.82) is 0 Å². The van der Waals surface area contributed by atoms with E-state index in [0.29, 0.717) is 31.7 Å². The van der Waals surface area contributed by atoms with Crippen LogP contribution in [-0.2, 0) is 14.6 Å². The van der Waals surface area contributed by atoms with Gasteiger partial charge in [-0.1, -0.05) is 54.6 Å². The van der Waals surface area contributed by atoms with Gasteiger partial charge in [0.1, 0.15) is 11.9 Å². The molecule has 0 spiro atoms. The molecule has 1 aliphatic carbocycles. The van der Waals surface area contributed by atoms with Crippen LogP contribution < -0.4 is 10.6 Å². The maximum atomic E-state index is 13.5. The van der Waals surface area contributed by atoms with Gasteiger partial charge in [-0.05, 0) is 61.3 Å². The molecule has 1 saturated carbocycles. The van der Waals surface area contributed by atoms with E-state index in [1.165, 1.54) is 12.1 Å². The van der Waals surface area contributed by atoms with E-state index in [1.54, 1.807) is 29.2 Å². The van der Waals surface area contributed by atoms with Crippen molar-refractivity contribution in [3.8, 4) is 11.1 Å². The second-order valence-electron chi connectivity index (χ2n) is 11.9. The van der Waals surface area contributed by atoms with Crippen molar-refractivity contribution in [1.82, 2.24) is 20.4 Å². The van der Waals surface area contributed by atoms with Gasteiger partial charge < -0.3 is 20.4 Å². The molecule has 0 bridgehead atoms. The molecule has 8 nitrogen and oxygen atoms in total. The SMILES string of the molecule is CN1CCN(C(=O)[C@@H](CS(=O)(=O)CCNC2(C)C[C@H]2c2ccc(F)cc2)NC(=O)c2ccc(-c3ccccc3)cc2)CC1. The summed E-state index contributed by atoms with van der Waals surface area (Å²) < 4.78 is 39.9. The van der Waals surface area contributed by atoms with Gasteiger partial charge in [0.2, 0.25) is 5.91 Å². The number of rotatable bonds is 11. The zero-order valence-electron chi connectivity index (χ0n) is 24.6. The molecule has 1 saturated heterocycles. The molecular weight excluding hydrogens is 567 g/mol. The van der Waals surface area contributed by atoms with Gasteiger partial charge >= 0.3 is 0 Å². The summed E-state index contributed by atoms with van der Waals surface area (Å²) >= 11 is 0. The summed E-state index contributed by atoms with van der Waals surface area (Å²) in [5.41, 5.74) is 3.05. The Balaban J connectivity index is 1.23. The van der Waals surface area contributed by atoms with Crippen LogP contribution >= 0.6 is 0 Å². The number of benzene rings is 3. The van der Waals surface area contributed by atoms with E-state index < -0.39 is 27.5 Å². The molecule has 2 N–H and O–H groups in total. The lowest BCUT2D eigenvalue weighted by atomic mass is 10.0. The molecule has 3 aromatic rings. The molecule has 0 aromatic heterocycles. The summed E-state index contributed by atoms with van der Waals surface area (Å²) in [7, 11) is -1.74. The minimum Gasteiger partial charge on any atom is -0.339 e. The van der Waals surface area contributed by atoms with Crippen LogP contribution in [0.3, 0.4) is 0 Å². The third-order valence-electron chi connectivity index (χ3n) is 8.54. The van der Waals surface area contributed by atoms with E-state index >= 15 is 0 Å². The number of likely N-dealkylation sites (N-methyl/N-ethyl adjacent to an activating group) is 1. The average molecular weight is 607 g/mol. The molecule has 0 radical (unpaired) electrons. The lowest BCUT2D eigenvalue weighted by Crippen LogP contribution is -2.56. The highest BCUT2D eigenvalue weighted by Gasteiger charge is 2.50. The van der Waals surface area contributed by atoms with Crippen LogP contribution in [-0.4, -0.2) is 92.9 Å². The Labute approximate surface area is 253 Å². The normalized spacial score (nSPS) is 21.3. The number of halogens is 1. The van der Waals surface area contributed by atoms with Gasteiger partial charge in [-0.25, -0.2) is 12.8 Å². The Hall–Kier alpha value is -3.60. The summed E-state index contributed by atoms with van der Waals surface area (Å²) in [5.74, 6) is -1.65. The number of nitrogens with zero attached hydrogens (tertiary/aromatic N) is 2. The molecule has 3 aromatic carbocycles. The van der Waals surface area contributed by atoms with Crippen molar-refractivity contribution >= 4 is 21.7 Å². The molecule has 5 rings (SSSR count). The molecule has 2 aliphatic rings. The largest absolute Gasteiger partial charge is 0.339 e. The number of carbonyl (C=O) groups is 2. The molecule has 3 atom stereocenters. The van der Waals surface area contributed by atoms with Gasteiger partial charge in [0.25, 0.3) is 5.91 Å². The van der Waals surface area contributed by atoms with Crippen molar-refractivity contribution in [2.75, 3.05) is 51.3 Å². The monoisotopic (exact) mass is 606 g/mol. The second-order valence-corrected chi connectivity index (χ2v) is 14.1. The lowest BCUT2D eigenvalue weighted by Gasteiger charge is -2.34. The van der Waals surface area contributed by atoms with Crippen LogP contribution in [0, 0.1) is 5.82 Å². The van der Waals surface area contributed by atoms with Crippen LogP contribution in [0.25, 0.3) is 11.1 Å². The molecule has 10 heteroatoms. The van der Waals surface area contributed by atoms with E-state index in [1.807, 2.05) is 56.4 Å². The molecule has 228 valence electrons. The number of hydrogen-bond acceptors (Lipinski definition) is 6. The molecule has 43 heavy (non-hydrogen) atoms. The predicted octanol–water partition coefficient (Wildman–Crippen LogP) is 3.32. The number of piperazine rings is 1. The first-order chi connectivity index (χ1) is 20.5. The van der Waals surface area contributed by atoms with Crippen LogP contribution in [0.15, 0.2) is 78.9 Å². The van der Waals surface area contributed by atoms with Gasteiger partial charge in [0, 0.05) is 49.7 Å². The van der Waals surface area contributed by atoms with Gasteiger partial charge in [-0.3, -0.25) is 9.59 Å². The minimum absolute atomic E-state index is 0.174. The summed E-state index contributed by atoms with van der Waals surface area (Å²) in [6.07, 6.45) is 0.822. The standard InChI is InChI=1S/C33H39FN4O4S/c1-33(22-29(33)26-12-14-28(34)15-13-26)35-16-21-43(41,42)23-30(32(40)38-19-17-37(2)18-20-38)36-31(39)27-10-8-25(9-11-27)24-6-4-3-5-7-24/h3-15,29-30,35H,16-23H2,1-2H3,(H,36,39)/t29-,30+,33?/m0/s1. The zero-order valence-corrected chi connectivity index (χ0v) is 25.4. The Bertz CT molecular complexity index is 1530. The molecule has 1 heterocycles. The summed E-state index contributed by atoms with van der Waals surface area (Å²) in [5, 5.41) is 6.08. The summed E-state index contributed by atoms with van der Waals surface area (Å²) in [6.45, 7) is 4.53. The molecule has 2 amide bonds. The molecule has 1 unspecified atom stereocenters. The number of hydrogen-bond donors (Lipinski definition) is 2. The van der Waals surface area contributed by atoms with Gasteiger partial charge in [-0.2, -0.15) is 0 Å².